The molecule has 2 heteroatoms. The average molecular weight is 760 g/mol. The molecule has 0 unspecified atom stereocenters. The molecule has 276 valence electrons. The van der Waals surface area contributed by atoms with Crippen LogP contribution in [0.2, 0.25) is 0 Å². The van der Waals surface area contributed by atoms with Crippen molar-refractivity contribution in [2.24, 2.45) is 0 Å². The van der Waals surface area contributed by atoms with Crippen LogP contribution in [-0.4, -0.2) is 9.97 Å². The molecule has 1 aliphatic carbocycles. The summed E-state index contributed by atoms with van der Waals surface area (Å²) in [6, 6.07) is 54.9. The van der Waals surface area contributed by atoms with Gasteiger partial charge in [0.1, 0.15) is 0 Å². The van der Waals surface area contributed by atoms with E-state index >= 15 is 0 Å². The lowest BCUT2D eigenvalue weighted by Crippen LogP contribution is -2.28. The minimum Gasteiger partial charge on any atom is -0.228 e. The van der Waals surface area contributed by atoms with E-state index in [1.807, 2.05) is 54.6 Å². The molecule has 11 rings (SSSR count). The molecule has 0 amide bonds. The maximum Gasteiger partial charge on any atom is 0.160 e. The topological polar surface area (TPSA) is 25.8 Å². The lowest BCUT2D eigenvalue weighted by Gasteiger charge is -2.34. The molecule has 1 heterocycles. The van der Waals surface area contributed by atoms with Gasteiger partial charge in [0.25, 0.3) is 0 Å². The van der Waals surface area contributed by atoms with Crippen LogP contribution in [0.5, 0.6) is 0 Å². The fourth-order valence-corrected chi connectivity index (χ4v) is 8.76. The van der Waals surface area contributed by atoms with Crippen molar-refractivity contribution >= 4 is 10.8 Å². The Labute approximate surface area is 357 Å². The zero-order valence-electron chi connectivity index (χ0n) is 40.6. The molecule has 0 fully saturated rings. The Hall–Kier alpha value is -7.68. The van der Waals surface area contributed by atoms with E-state index in [4.69, 9.17) is 19.6 Å². The van der Waals surface area contributed by atoms with Crippen LogP contribution >= 0.6 is 0 Å². The summed E-state index contributed by atoms with van der Waals surface area (Å²) in [7, 11) is 0. The number of aromatic nitrogens is 2. The Kier molecular flexibility index (Phi) is 6.40. The van der Waals surface area contributed by atoms with Crippen LogP contribution < -0.4 is 0 Å². The lowest BCUT2D eigenvalue weighted by molar-refractivity contribution is 0.769. The second kappa shape index (κ2) is 14.4. The highest BCUT2D eigenvalue weighted by molar-refractivity contribution is 6.05. The van der Waals surface area contributed by atoms with Crippen LogP contribution in [-0.2, 0) is 5.41 Å². The van der Waals surface area contributed by atoms with E-state index in [9.17, 15) is 2.74 Å². The lowest BCUT2D eigenvalue weighted by atomic mass is 9.67. The van der Waals surface area contributed by atoms with Gasteiger partial charge in [0.15, 0.2) is 5.82 Å². The fourth-order valence-electron chi connectivity index (χ4n) is 8.76. The third kappa shape index (κ3) is 5.80. The number of hydrogen-bond acceptors (Lipinski definition) is 2. The van der Waals surface area contributed by atoms with Crippen LogP contribution in [0.3, 0.4) is 0 Å². The van der Waals surface area contributed by atoms with Crippen molar-refractivity contribution < 1.29 is 12.3 Å². The Balaban J connectivity index is 1.11. The van der Waals surface area contributed by atoms with Gasteiger partial charge in [-0.2, -0.15) is 0 Å². The van der Waals surface area contributed by atoms with Gasteiger partial charge in [-0.15, -0.1) is 0 Å². The predicted octanol–water partition coefficient (Wildman–Crippen LogP) is 14.3. The predicted molar refractivity (Wildman–Crippen MR) is 244 cm³/mol. The summed E-state index contributed by atoms with van der Waals surface area (Å²) in [4.78, 5) is 9.96. The molecule has 0 atom stereocenters. The Morgan fingerprint density at radius 2 is 0.864 bits per heavy atom. The van der Waals surface area contributed by atoms with Gasteiger partial charge in [0.05, 0.1) is 29.1 Å². The van der Waals surface area contributed by atoms with Crippen LogP contribution in [0.15, 0.2) is 230 Å². The Morgan fingerprint density at radius 3 is 1.58 bits per heavy atom. The molecule has 0 radical (unpaired) electrons. The molecule has 9 aromatic carbocycles. The first kappa shape index (κ1) is 26.3. The van der Waals surface area contributed by atoms with Gasteiger partial charge in [-0.25, -0.2) is 9.97 Å². The fraction of sp³-hybridized carbons (Fsp3) is 0.0175. The maximum absolute atomic E-state index is 9.28. The molecule has 2 nitrogen and oxygen atoms in total. The second-order valence-corrected chi connectivity index (χ2v) is 14.6. The summed E-state index contributed by atoms with van der Waals surface area (Å²) >= 11 is 0. The van der Waals surface area contributed by atoms with Gasteiger partial charge in [-0.05, 0) is 78.5 Å². The van der Waals surface area contributed by atoms with Crippen molar-refractivity contribution in [2.75, 3.05) is 0 Å². The standard InChI is InChI=1S/C57H38N2/c1-5-17-39(18-6-1)40-29-31-41(32-30-40)54-38-55(59-56(58-54)42-19-7-2-8-20-42)51-36-35-46(47-25-13-14-26-48(47)51)43-33-34-50-49-27-15-16-28-52(49)57(53(50)37-43,44-21-9-3-10-22-44)45-23-11-4-12-24-45/h1-38H/i1D,5D,6D,17D,18D,29D,30D,31D,32D. The Morgan fingerprint density at radius 1 is 0.339 bits per heavy atom. The van der Waals surface area contributed by atoms with Crippen molar-refractivity contribution in [1.29, 1.82) is 0 Å². The second-order valence-electron chi connectivity index (χ2n) is 14.6. The van der Waals surface area contributed by atoms with E-state index in [1.165, 1.54) is 33.4 Å². The SMILES string of the molecule is [2H]c1c([2H])c([2H])c(-c2c([2H])c([2H])c(-c3cc(-c4ccc(-c5ccc6c(c5)C(c5ccccc5)(c5ccccc5)c5ccccc5-6)c5ccccc45)nc(-c4ccccc4)n3)c([2H])c2[2H])c([2H])c1[2H]. The number of hydrogen-bond donors (Lipinski definition) is 0. The van der Waals surface area contributed by atoms with Crippen molar-refractivity contribution in [3.05, 3.63) is 253 Å². The molecule has 1 aromatic heterocycles. The van der Waals surface area contributed by atoms with E-state index in [-0.39, 0.29) is 16.8 Å². The van der Waals surface area contributed by atoms with Crippen molar-refractivity contribution in [3.8, 4) is 67.3 Å². The molecule has 10 aromatic rings. The average Bonchev–Trinajstić information content (AvgIpc) is 3.68. The normalized spacial score (nSPS) is 14.7. The van der Waals surface area contributed by atoms with E-state index < -0.39 is 65.4 Å². The molecule has 0 spiro atoms. The molecule has 0 bridgehead atoms. The van der Waals surface area contributed by atoms with Crippen LogP contribution in [0.1, 0.15) is 34.6 Å². The zero-order valence-corrected chi connectivity index (χ0v) is 31.6. The van der Waals surface area contributed by atoms with Gasteiger partial charge in [-0.1, -0.05) is 218 Å². The first-order chi connectivity index (χ1) is 33.0. The highest BCUT2D eigenvalue weighted by Crippen LogP contribution is 2.57. The minimum absolute atomic E-state index is 0.114. The van der Waals surface area contributed by atoms with Gasteiger partial charge in [0, 0.05) is 16.7 Å². The van der Waals surface area contributed by atoms with Gasteiger partial charge >= 0.3 is 0 Å². The minimum atomic E-state index is -0.637. The zero-order chi connectivity index (χ0) is 47.0. The molecular weight excluding hydrogens is 713 g/mol. The maximum atomic E-state index is 9.28. The summed E-state index contributed by atoms with van der Waals surface area (Å²) < 4.78 is 78.5. The highest BCUT2D eigenvalue weighted by atomic mass is 14.9. The molecule has 1 aliphatic rings. The summed E-state index contributed by atoms with van der Waals surface area (Å²) in [6.07, 6.45) is 0. The van der Waals surface area contributed by atoms with E-state index in [2.05, 4.69) is 115 Å². The van der Waals surface area contributed by atoms with E-state index in [1.54, 1.807) is 6.07 Å². The number of nitrogens with zero attached hydrogens (tertiary/aromatic N) is 2. The monoisotopic (exact) mass is 759 g/mol. The first-order valence-electron chi connectivity index (χ1n) is 24.0. The van der Waals surface area contributed by atoms with E-state index in [0.717, 1.165) is 27.5 Å². The van der Waals surface area contributed by atoms with Gasteiger partial charge in [0.2, 0.25) is 0 Å². The number of fused-ring (bicyclic) bond motifs is 4. The molecule has 0 saturated heterocycles. The van der Waals surface area contributed by atoms with Crippen LogP contribution in [0.25, 0.3) is 78.1 Å². The number of rotatable bonds is 7. The van der Waals surface area contributed by atoms with Crippen molar-refractivity contribution in [2.45, 2.75) is 5.41 Å². The summed E-state index contributed by atoms with van der Waals surface area (Å²) in [6.45, 7) is 0. The third-order valence-electron chi connectivity index (χ3n) is 11.4. The quantitative estimate of drug-likeness (QED) is 0.162. The van der Waals surface area contributed by atoms with Gasteiger partial charge in [-0.3, -0.25) is 0 Å². The summed E-state index contributed by atoms with van der Waals surface area (Å²) in [5.41, 5.74) is 9.73. The molecule has 0 N–H and O–H groups in total. The molecule has 59 heavy (non-hydrogen) atoms. The summed E-state index contributed by atoms with van der Waals surface area (Å²) in [5, 5.41) is 1.87. The van der Waals surface area contributed by atoms with E-state index in [0.29, 0.717) is 17.1 Å². The first-order valence-corrected chi connectivity index (χ1v) is 19.5. The molecule has 0 saturated carbocycles. The van der Waals surface area contributed by atoms with Crippen molar-refractivity contribution in [3.63, 3.8) is 0 Å². The van der Waals surface area contributed by atoms with Crippen LogP contribution in [0.4, 0.5) is 0 Å². The smallest absolute Gasteiger partial charge is 0.160 e. The Bertz CT molecular complexity index is 3580. The number of benzene rings is 9. The highest BCUT2D eigenvalue weighted by Gasteiger charge is 2.46. The molecular formula is C57H38N2. The summed E-state index contributed by atoms with van der Waals surface area (Å²) in [5.74, 6) is 0.300. The van der Waals surface area contributed by atoms with Crippen molar-refractivity contribution in [1.82, 2.24) is 9.97 Å². The van der Waals surface area contributed by atoms with Gasteiger partial charge < -0.3 is 0 Å². The molecule has 0 aliphatic heterocycles. The largest absolute Gasteiger partial charge is 0.228 e. The third-order valence-corrected chi connectivity index (χ3v) is 11.4. The van der Waals surface area contributed by atoms with Crippen LogP contribution in [0, 0.1) is 0 Å².